The van der Waals surface area contributed by atoms with Gasteiger partial charge in [-0.3, -0.25) is 4.79 Å². The molecule has 16 heavy (non-hydrogen) atoms. The monoisotopic (exact) mass is 230 g/mol. The van der Waals surface area contributed by atoms with Gasteiger partial charge in [0, 0.05) is 10.6 Å². The topological polar surface area (TPSA) is 17.1 Å². The standard InChI is InChI=1S/C14H11ClO/c1-10-7-13(11-5-3-2-4-6-11)12(9-16)8-14(10)15/h2-9H,1H3. The van der Waals surface area contributed by atoms with Gasteiger partial charge in [-0.1, -0.05) is 41.9 Å². The zero-order valence-electron chi connectivity index (χ0n) is 8.91. The Morgan fingerprint density at radius 2 is 1.81 bits per heavy atom. The molecule has 0 saturated heterocycles. The van der Waals surface area contributed by atoms with Crippen LogP contribution in [0.15, 0.2) is 42.5 Å². The summed E-state index contributed by atoms with van der Waals surface area (Å²) in [7, 11) is 0. The van der Waals surface area contributed by atoms with Gasteiger partial charge in [0.25, 0.3) is 0 Å². The second-order valence-electron chi connectivity index (χ2n) is 3.67. The molecular formula is C14H11ClO. The summed E-state index contributed by atoms with van der Waals surface area (Å²) >= 11 is 5.99. The third kappa shape index (κ3) is 2.00. The zero-order valence-corrected chi connectivity index (χ0v) is 9.66. The van der Waals surface area contributed by atoms with Crippen molar-refractivity contribution < 1.29 is 4.79 Å². The third-order valence-electron chi connectivity index (χ3n) is 2.54. The minimum atomic E-state index is 0.627. The minimum absolute atomic E-state index is 0.627. The van der Waals surface area contributed by atoms with Crippen molar-refractivity contribution in [2.24, 2.45) is 0 Å². The number of carbonyl (C=O) groups is 1. The van der Waals surface area contributed by atoms with E-state index in [0.717, 1.165) is 23.0 Å². The lowest BCUT2D eigenvalue weighted by molar-refractivity contribution is 0.112. The molecule has 2 aromatic rings. The number of hydrogen-bond acceptors (Lipinski definition) is 1. The van der Waals surface area contributed by atoms with Gasteiger partial charge < -0.3 is 0 Å². The SMILES string of the molecule is Cc1cc(-c2ccccc2)c(C=O)cc1Cl. The number of rotatable bonds is 2. The van der Waals surface area contributed by atoms with E-state index >= 15 is 0 Å². The highest BCUT2D eigenvalue weighted by molar-refractivity contribution is 6.31. The van der Waals surface area contributed by atoms with Gasteiger partial charge in [0.2, 0.25) is 0 Å². The van der Waals surface area contributed by atoms with Crippen LogP contribution >= 0.6 is 11.6 Å². The van der Waals surface area contributed by atoms with E-state index in [1.165, 1.54) is 0 Å². The molecule has 0 bridgehead atoms. The van der Waals surface area contributed by atoms with E-state index < -0.39 is 0 Å². The van der Waals surface area contributed by atoms with E-state index in [4.69, 9.17) is 11.6 Å². The van der Waals surface area contributed by atoms with Gasteiger partial charge in [-0.15, -0.1) is 0 Å². The number of aldehydes is 1. The fourth-order valence-electron chi connectivity index (χ4n) is 1.66. The average Bonchev–Trinajstić information content (AvgIpc) is 2.33. The molecule has 0 saturated carbocycles. The fourth-order valence-corrected chi connectivity index (χ4v) is 1.83. The molecule has 2 heteroatoms. The highest BCUT2D eigenvalue weighted by atomic mass is 35.5. The van der Waals surface area contributed by atoms with Gasteiger partial charge in [0.15, 0.2) is 6.29 Å². The van der Waals surface area contributed by atoms with Crippen LogP contribution in [0, 0.1) is 6.92 Å². The molecule has 0 unspecified atom stereocenters. The van der Waals surface area contributed by atoms with E-state index in [2.05, 4.69) is 0 Å². The van der Waals surface area contributed by atoms with Crippen molar-refractivity contribution in [3.05, 3.63) is 58.6 Å². The van der Waals surface area contributed by atoms with Crippen molar-refractivity contribution in [3.8, 4) is 11.1 Å². The first kappa shape index (κ1) is 10.9. The maximum absolute atomic E-state index is 11.0. The van der Waals surface area contributed by atoms with E-state index in [-0.39, 0.29) is 0 Å². The first-order valence-corrected chi connectivity index (χ1v) is 5.41. The van der Waals surface area contributed by atoms with Crippen LogP contribution in [0.5, 0.6) is 0 Å². The van der Waals surface area contributed by atoms with E-state index in [0.29, 0.717) is 10.6 Å². The maximum atomic E-state index is 11.0. The molecule has 0 fully saturated rings. The Hall–Kier alpha value is -1.60. The molecule has 80 valence electrons. The lowest BCUT2D eigenvalue weighted by Gasteiger charge is -2.07. The lowest BCUT2D eigenvalue weighted by atomic mass is 9.98. The molecule has 0 heterocycles. The van der Waals surface area contributed by atoms with Crippen molar-refractivity contribution in [2.75, 3.05) is 0 Å². The van der Waals surface area contributed by atoms with E-state index in [1.54, 1.807) is 6.07 Å². The zero-order chi connectivity index (χ0) is 11.5. The van der Waals surface area contributed by atoms with Gasteiger partial charge in [-0.05, 0) is 35.7 Å². The lowest BCUT2D eigenvalue weighted by Crippen LogP contribution is -1.89. The summed E-state index contributed by atoms with van der Waals surface area (Å²) in [6, 6.07) is 13.5. The first-order valence-electron chi connectivity index (χ1n) is 5.03. The minimum Gasteiger partial charge on any atom is -0.298 e. The Morgan fingerprint density at radius 3 is 2.44 bits per heavy atom. The van der Waals surface area contributed by atoms with Crippen LogP contribution in [0.1, 0.15) is 15.9 Å². The Labute approximate surface area is 99.7 Å². The molecule has 0 N–H and O–H groups in total. The van der Waals surface area contributed by atoms with Crippen molar-refractivity contribution in [1.29, 1.82) is 0 Å². The quantitative estimate of drug-likeness (QED) is 0.709. The highest BCUT2D eigenvalue weighted by Crippen LogP contribution is 2.28. The van der Waals surface area contributed by atoms with Crippen LogP contribution in [0.25, 0.3) is 11.1 Å². The molecular weight excluding hydrogens is 220 g/mol. The predicted octanol–water partition coefficient (Wildman–Crippen LogP) is 4.13. The van der Waals surface area contributed by atoms with E-state index in [1.807, 2.05) is 43.3 Å². The van der Waals surface area contributed by atoms with Crippen molar-refractivity contribution in [3.63, 3.8) is 0 Å². The summed E-state index contributed by atoms with van der Waals surface area (Å²) in [5, 5.41) is 0.627. The summed E-state index contributed by atoms with van der Waals surface area (Å²) in [5.74, 6) is 0. The molecule has 2 rings (SSSR count). The summed E-state index contributed by atoms with van der Waals surface area (Å²) in [6.45, 7) is 1.93. The number of hydrogen-bond donors (Lipinski definition) is 0. The Morgan fingerprint density at radius 1 is 1.12 bits per heavy atom. The van der Waals surface area contributed by atoms with Crippen molar-refractivity contribution in [1.82, 2.24) is 0 Å². The van der Waals surface area contributed by atoms with Crippen molar-refractivity contribution in [2.45, 2.75) is 6.92 Å². The van der Waals surface area contributed by atoms with Crippen molar-refractivity contribution >= 4 is 17.9 Å². The molecule has 0 atom stereocenters. The second-order valence-corrected chi connectivity index (χ2v) is 4.08. The smallest absolute Gasteiger partial charge is 0.150 e. The molecule has 0 aliphatic carbocycles. The molecule has 0 aromatic heterocycles. The summed E-state index contributed by atoms with van der Waals surface area (Å²) in [5.41, 5.74) is 3.56. The van der Waals surface area contributed by atoms with Crippen LogP contribution < -0.4 is 0 Å². The number of aryl methyl sites for hydroxylation is 1. The van der Waals surface area contributed by atoms with Gasteiger partial charge in [0.05, 0.1) is 0 Å². The predicted molar refractivity (Wildman–Crippen MR) is 67.0 cm³/mol. The number of halogens is 1. The maximum Gasteiger partial charge on any atom is 0.150 e. The van der Waals surface area contributed by atoms with Gasteiger partial charge in [-0.2, -0.15) is 0 Å². The molecule has 0 aliphatic heterocycles. The molecule has 0 amide bonds. The largest absolute Gasteiger partial charge is 0.298 e. The van der Waals surface area contributed by atoms with Gasteiger partial charge in [0.1, 0.15) is 0 Å². The summed E-state index contributed by atoms with van der Waals surface area (Å²) in [6.07, 6.45) is 0.841. The summed E-state index contributed by atoms with van der Waals surface area (Å²) < 4.78 is 0. The Balaban J connectivity index is 2.65. The number of benzene rings is 2. The van der Waals surface area contributed by atoms with Crippen LogP contribution in [0.3, 0.4) is 0 Å². The third-order valence-corrected chi connectivity index (χ3v) is 2.95. The number of carbonyl (C=O) groups excluding carboxylic acids is 1. The van der Waals surface area contributed by atoms with Gasteiger partial charge >= 0.3 is 0 Å². The van der Waals surface area contributed by atoms with Crippen LogP contribution in [-0.2, 0) is 0 Å². The van der Waals surface area contributed by atoms with Crippen LogP contribution in [0.4, 0.5) is 0 Å². The van der Waals surface area contributed by atoms with Crippen LogP contribution in [0.2, 0.25) is 5.02 Å². The van der Waals surface area contributed by atoms with Gasteiger partial charge in [-0.25, -0.2) is 0 Å². The second kappa shape index (κ2) is 4.50. The normalized spacial score (nSPS) is 10.1. The van der Waals surface area contributed by atoms with Crippen LogP contribution in [-0.4, -0.2) is 6.29 Å². The fraction of sp³-hybridized carbons (Fsp3) is 0.0714. The molecule has 2 aromatic carbocycles. The summed E-state index contributed by atoms with van der Waals surface area (Å²) in [4.78, 5) is 11.0. The Bertz CT molecular complexity index is 518. The average molecular weight is 231 g/mol. The molecule has 1 nitrogen and oxygen atoms in total. The first-order chi connectivity index (χ1) is 7.72. The van der Waals surface area contributed by atoms with E-state index in [9.17, 15) is 4.79 Å². The molecule has 0 radical (unpaired) electrons. The highest BCUT2D eigenvalue weighted by Gasteiger charge is 2.07. The Kier molecular flexibility index (Phi) is 3.07. The molecule has 0 aliphatic rings. The molecule has 0 spiro atoms.